The minimum Gasteiger partial charge on any atom is -0.0622 e. The first-order valence-electron chi connectivity index (χ1n) is 4.20. The number of benzene rings is 1. The van der Waals surface area contributed by atoms with Gasteiger partial charge in [0.2, 0.25) is 0 Å². The van der Waals surface area contributed by atoms with E-state index >= 15 is 0 Å². The lowest BCUT2D eigenvalue weighted by Gasteiger charge is -1.83. The van der Waals surface area contributed by atoms with Crippen LogP contribution in [0.25, 0.3) is 10.4 Å². The quantitative estimate of drug-likeness (QED) is 0.313. The summed E-state index contributed by atoms with van der Waals surface area (Å²) in [5, 5.41) is 3.09. The Kier molecular flexibility index (Phi) is 0.737. The van der Waals surface area contributed by atoms with E-state index in [1.54, 1.807) is 0 Å². The molecule has 0 aromatic heterocycles. The Bertz CT molecular complexity index is 371. The highest BCUT2D eigenvalue weighted by molar-refractivity contribution is 5.35. The van der Waals surface area contributed by atoms with Gasteiger partial charge in [0.25, 0.3) is 0 Å². The third-order valence-electron chi connectivity index (χ3n) is 0.670. The maximum atomic E-state index is 8.12. The van der Waals surface area contributed by atoms with E-state index in [0.717, 1.165) is 6.07 Å². The molecule has 0 bridgehead atoms. The van der Waals surface area contributed by atoms with Gasteiger partial charge in [-0.2, -0.15) is 0 Å². The van der Waals surface area contributed by atoms with Gasteiger partial charge >= 0.3 is 0 Å². The molecule has 0 saturated heterocycles. The highest BCUT2D eigenvalue weighted by Gasteiger charge is 1.78. The predicted octanol–water partition coefficient (Wildman–Crippen LogP) is 2.63. The van der Waals surface area contributed by atoms with Gasteiger partial charge in [-0.1, -0.05) is 35.4 Å². The minimum absolute atomic E-state index is 0.219. The Balaban J connectivity index is 3.55. The van der Waals surface area contributed by atoms with Crippen molar-refractivity contribution in [1.29, 1.82) is 0 Å². The molecule has 0 N–H and O–H groups in total. The number of azide groups is 1. The first-order chi connectivity index (χ1) is 6.07. The molecule has 0 atom stereocenters. The molecule has 0 unspecified atom stereocenters. The minimum atomic E-state index is -0.321. The lowest BCUT2D eigenvalue weighted by atomic mass is 10.3. The van der Waals surface area contributed by atoms with Crippen LogP contribution in [0.1, 0.15) is 5.48 Å². The van der Waals surface area contributed by atoms with Crippen LogP contribution in [0.4, 0.5) is 5.69 Å². The van der Waals surface area contributed by atoms with E-state index in [0.29, 0.717) is 0 Å². The van der Waals surface area contributed by atoms with E-state index in [9.17, 15) is 0 Å². The molecule has 0 fully saturated rings. The molecule has 3 heteroatoms. The highest BCUT2D eigenvalue weighted by atomic mass is 15.1. The Morgan fingerprint density at radius 3 is 2.78 bits per heavy atom. The molecule has 1 aromatic carbocycles. The van der Waals surface area contributed by atoms with Gasteiger partial charge in [-0.25, -0.2) is 0 Å². The fourth-order valence-electron chi connectivity index (χ4n) is 0.371. The summed E-state index contributed by atoms with van der Waals surface area (Å²) in [6, 6.07) is -0.00876. The zero-order valence-corrected chi connectivity index (χ0v) is 4.42. The van der Waals surface area contributed by atoms with Crippen molar-refractivity contribution in [2.45, 2.75) is 0 Å². The molecule has 0 spiro atoms. The lowest BCUT2D eigenvalue weighted by Crippen LogP contribution is -1.56. The SMILES string of the molecule is [2H]c1cc([2H])c([2H])c(N=[N+]=[N-])c1[2H]. The lowest BCUT2D eigenvalue weighted by molar-refractivity contribution is 1.48. The average Bonchev–Trinajstić information content (AvgIpc) is 2.09. The zero-order chi connectivity index (χ0) is 10.0. The molecule has 0 aliphatic heterocycles. The molecule has 0 heterocycles. The molecular formula is C6H5N3. The molecule has 0 aliphatic rings. The van der Waals surface area contributed by atoms with Crippen molar-refractivity contribution in [2.75, 3.05) is 0 Å². The normalized spacial score (nSPS) is 14.2. The Morgan fingerprint density at radius 2 is 2.22 bits per heavy atom. The third kappa shape index (κ3) is 1.48. The highest BCUT2D eigenvalue weighted by Crippen LogP contribution is 2.08. The van der Waals surface area contributed by atoms with Crippen molar-refractivity contribution in [3.63, 3.8) is 0 Å². The van der Waals surface area contributed by atoms with E-state index in [2.05, 4.69) is 10.0 Å². The largest absolute Gasteiger partial charge is 0.0627 e. The molecular weight excluding hydrogens is 114 g/mol. The van der Waals surface area contributed by atoms with E-state index in [1.807, 2.05) is 0 Å². The Morgan fingerprint density at radius 1 is 1.56 bits per heavy atom. The fraction of sp³-hybridized carbons (Fsp3) is 0. The van der Waals surface area contributed by atoms with E-state index in [-0.39, 0.29) is 29.9 Å². The van der Waals surface area contributed by atoms with Gasteiger partial charge in [0.15, 0.2) is 0 Å². The van der Waals surface area contributed by atoms with Crippen LogP contribution in [-0.2, 0) is 0 Å². The summed E-state index contributed by atoms with van der Waals surface area (Å²) in [5.74, 6) is 0. The summed E-state index contributed by atoms with van der Waals surface area (Å²) in [6.07, 6.45) is 0. The predicted molar refractivity (Wildman–Crippen MR) is 35.2 cm³/mol. The second-order valence-electron chi connectivity index (χ2n) is 1.22. The molecule has 44 valence electrons. The first kappa shape index (κ1) is 2.42. The molecule has 0 radical (unpaired) electrons. The van der Waals surface area contributed by atoms with Gasteiger partial charge in [-0.15, -0.1) is 0 Å². The zero-order valence-electron chi connectivity index (χ0n) is 8.42. The maximum absolute atomic E-state index is 8.12. The summed E-state index contributed by atoms with van der Waals surface area (Å²) >= 11 is 0. The van der Waals surface area contributed by atoms with Crippen molar-refractivity contribution in [2.24, 2.45) is 5.11 Å². The van der Waals surface area contributed by atoms with Gasteiger partial charge in [0.1, 0.15) is 0 Å². The molecule has 1 rings (SSSR count). The topological polar surface area (TPSA) is 48.8 Å². The molecule has 3 nitrogen and oxygen atoms in total. The van der Waals surface area contributed by atoms with Crippen LogP contribution >= 0.6 is 0 Å². The van der Waals surface area contributed by atoms with Crippen LogP contribution < -0.4 is 0 Å². The average molecular weight is 123 g/mol. The van der Waals surface area contributed by atoms with Crippen molar-refractivity contribution in [1.82, 2.24) is 0 Å². The first-order valence-corrected chi connectivity index (χ1v) is 2.20. The third-order valence-corrected chi connectivity index (χ3v) is 0.670. The summed E-state index contributed by atoms with van der Waals surface area (Å²) < 4.78 is 29.0. The van der Waals surface area contributed by atoms with Crippen molar-refractivity contribution < 1.29 is 5.48 Å². The molecule has 0 saturated carbocycles. The van der Waals surface area contributed by atoms with Crippen molar-refractivity contribution in [3.8, 4) is 0 Å². The van der Waals surface area contributed by atoms with Crippen LogP contribution in [0.2, 0.25) is 0 Å². The van der Waals surface area contributed by atoms with Crippen molar-refractivity contribution >= 4 is 5.69 Å². The van der Waals surface area contributed by atoms with Crippen LogP contribution in [0, 0.1) is 0 Å². The number of hydrogen-bond acceptors (Lipinski definition) is 1. The molecule has 0 aliphatic carbocycles. The molecule has 9 heavy (non-hydrogen) atoms. The van der Waals surface area contributed by atoms with Crippen LogP contribution in [0.15, 0.2) is 35.4 Å². The second-order valence-corrected chi connectivity index (χ2v) is 1.22. The van der Waals surface area contributed by atoms with Crippen molar-refractivity contribution in [3.05, 3.63) is 40.7 Å². The summed E-state index contributed by atoms with van der Waals surface area (Å²) in [6.45, 7) is 0. The Labute approximate surface area is 58.2 Å². The smallest absolute Gasteiger partial charge is 0.0622 e. The monoisotopic (exact) mass is 123 g/mol. The van der Waals surface area contributed by atoms with Crippen LogP contribution in [-0.4, -0.2) is 0 Å². The number of nitrogens with zero attached hydrogens (tertiary/aromatic N) is 3. The van der Waals surface area contributed by atoms with Gasteiger partial charge < -0.3 is 0 Å². The Hall–Kier alpha value is -1.47. The van der Waals surface area contributed by atoms with E-state index in [1.165, 1.54) is 0 Å². The van der Waals surface area contributed by atoms with Gasteiger partial charge in [0, 0.05) is 10.6 Å². The van der Waals surface area contributed by atoms with Crippen LogP contribution in [0.5, 0.6) is 0 Å². The van der Waals surface area contributed by atoms with E-state index < -0.39 is 0 Å². The van der Waals surface area contributed by atoms with Gasteiger partial charge in [-0.3, -0.25) is 0 Å². The van der Waals surface area contributed by atoms with Crippen LogP contribution in [0.3, 0.4) is 0 Å². The van der Waals surface area contributed by atoms with Gasteiger partial charge in [-0.05, 0) is 5.53 Å². The number of hydrogen-bond donors (Lipinski definition) is 0. The fourth-order valence-corrected chi connectivity index (χ4v) is 0.371. The summed E-state index contributed by atoms with van der Waals surface area (Å²) in [7, 11) is 0. The van der Waals surface area contributed by atoms with Gasteiger partial charge in [0.05, 0.1) is 5.48 Å². The summed E-state index contributed by atoms with van der Waals surface area (Å²) in [4.78, 5) is 2.43. The molecule has 0 amide bonds. The maximum Gasteiger partial charge on any atom is 0.0627 e. The number of rotatable bonds is 1. The summed E-state index contributed by atoms with van der Waals surface area (Å²) in [5.41, 5.74) is 7.86. The molecule has 1 aromatic rings. The van der Waals surface area contributed by atoms with E-state index in [4.69, 9.17) is 11.0 Å². The second kappa shape index (κ2) is 2.74. The standard InChI is InChI=1S/C6H5N3/c7-9-8-6-4-2-1-3-5-6/h1-5H/i2D,3D,4D,5D.